The second-order valence-corrected chi connectivity index (χ2v) is 4.23. The van der Waals surface area contributed by atoms with Crippen molar-refractivity contribution >= 4 is 28.8 Å². The summed E-state index contributed by atoms with van der Waals surface area (Å²) in [5, 5.41) is 18.3. The number of ether oxygens (including phenoxy) is 1. The van der Waals surface area contributed by atoms with Gasteiger partial charge in [0, 0.05) is 6.92 Å². The summed E-state index contributed by atoms with van der Waals surface area (Å²) in [6.45, 7) is 2.60. The van der Waals surface area contributed by atoms with Crippen LogP contribution in [0.25, 0.3) is 0 Å². The monoisotopic (exact) mass is 268 g/mol. The number of azo groups is 1. The summed E-state index contributed by atoms with van der Waals surface area (Å²) in [5.41, 5.74) is 0.156. The second kappa shape index (κ2) is 6.06. The Morgan fingerprint density at radius 2 is 2.06 bits per heavy atom. The van der Waals surface area contributed by atoms with Crippen molar-refractivity contribution in [1.82, 2.24) is 0 Å². The molecular formula is C11H12N2O4S. The molecule has 1 aromatic rings. The Balaban J connectivity index is 3.05. The summed E-state index contributed by atoms with van der Waals surface area (Å²) >= 11 is 1.16. The van der Waals surface area contributed by atoms with Crippen LogP contribution in [0.2, 0.25) is 0 Å². The lowest BCUT2D eigenvalue weighted by molar-refractivity contribution is -0.113. The van der Waals surface area contributed by atoms with Crippen LogP contribution in [-0.2, 0) is 9.53 Å². The van der Waals surface area contributed by atoms with E-state index >= 15 is 0 Å². The van der Waals surface area contributed by atoms with Crippen molar-refractivity contribution in [3.05, 3.63) is 27.8 Å². The van der Waals surface area contributed by atoms with Crippen molar-refractivity contribution in [3.8, 4) is 0 Å². The third-order valence-electron chi connectivity index (χ3n) is 1.95. The minimum atomic E-state index is -0.520. The molecule has 1 N–H and O–H groups in total. The second-order valence-electron chi connectivity index (χ2n) is 3.32. The number of aliphatic hydroxyl groups excluding tert-OH is 1. The average Bonchev–Trinajstić information content (AvgIpc) is 2.75. The van der Waals surface area contributed by atoms with Crippen molar-refractivity contribution < 1.29 is 19.4 Å². The van der Waals surface area contributed by atoms with E-state index < -0.39 is 11.8 Å². The summed E-state index contributed by atoms with van der Waals surface area (Å²) < 4.78 is 4.58. The number of allylic oxidation sites excluding steroid dienone is 2. The van der Waals surface area contributed by atoms with Crippen LogP contribution in [0.3, 0.4) is 0 Å². The van der Waals surface area contributed by atoms with Crippen molar-refractivity contribution in [2.45, 2.75) is 13.8 Å². The van der Waals surface area contributed by atoms with E-state index in [1.807, 2.05) is 0 Å². The number of thiophene rings is 1. The Bertz CT molecular complexity index is 527. The Labute approximate surface area is 108 Å². The number of nitrogens with zero attached hydrogens (tertiary/aromatic N) is 2. The summed E-state index contributed by atoms with van der Waals surface area (Å²) in [4.78, 5) is 22.8. The molecule has 18 heavy (non-hydrogen) atoms. The summed E-state index contributed by atoms with van der Waals surface area (Å²) in [5.74, 6) is -1.15. The number of methoxy groups -OCH3 is 1. The lowest BCUT2D eigenvalue weighted by Gasteiger charge is -1.98. The van der Waals surface area contributed by atoms with Gasteiger partial charge in [0.05, 0.1) is 7.11 Å². The summed E-state index contributed by atoms with van der Waals surface area (Å²) in [6.07, 6.45) is 0. The van der Waals surface area contributed by atoms with Gasteiger partial charge in [-0.05, 0) is 18.4 Å². The maximum Gasteiger partial charge on any atom is 0.350 e. The molecule has 0 amide bonds. The molecule has 0 saturated carbocycles. The van der Waals surface area contributed by atoms with Crippen molar-refractivity contribution in [2.24, 2.45) is 10.2 Å². The highest BCUT2D eigenvalue weighted by molar-refractivity contribution is 7.12. The molecule has 0 aromatic carbocycles. The molecule has 0 unspecified atom stereocenters. The Hall–Kier alpha value is -2.02. The number of esters is 1. The first-order valence-corrected chi connectivity index (χ1v) is 5.83. The predicted molar refractivity (Wildman–Crippen MR) is 66.2 cm³/mol. The number of aliphatic hydroxyl groups is 1. The smallest absolute Gasteiger partial charge is 0.350 e. The SMILES string of the molecule is COC(=O)c1sccc1N=N/C(C(C)=O)=C(/C)O. The highest BCUT2D eigenvalue weighted by Crippen LogP contribution is 2.27. The van der Waals surface area contributed by atoms with E-state index in [9.17, 15) is 14.7 Å². The fourth-order valence-electron chi connectivity index (χ4n) is 1.13. The molecule has 6 nitrogen and oxygen atoms in total. The van der Waals surface area contributed by atoms with Gasteiger partial charge in [0.15, 0.2) is 11.5 Å². The standard InChI is InChI=1S/C11H12N2O4S/c1-6(14)9(7(2)15)13-12-8-4-5-18-10(8)11(16)17-3/h4-5,14H,1-3H3/b9-6-,13-12?. The van der Waals surface area contributed by atoms with Gasteiger partial charge in [0.1, 0.15) is 16.3 Å². The van der Waals surface area contributed by atoms with E-state index in [0.717, 1.165) is 11.3 Å². The topological polar surface area (TPSA) is 88.3 Å². The van der Waals surface area contributed by atoms with E-state index in [1.54, 1.807) is 11.4 Å². The normalized spacial score (nSPS) is 12.4. The highest BCUT2D eigenvalue weighted by Gasteiger charge is 2.14. The van der Waals surface area contributed by atoms with E-state index in [2.05, 4.69) is 15.0 Å². The van der Waals surface area contributed by atoms with E-state index in [1.165, 1.54) is 21.0 Å². The number of rotatable bonds is 4. The molecule has 1 aromatic heterocycles. The number of hydrogen-bond donors (Lipinski definition) is 1. The van der Waals surface area contributed by atoms with Crippen LogP contribution in [0.1, 0.15) is 23.5 Å². The molecule has 0 fully saturated rings. The summed E-state index contributed by atoms with van der Waals surface area (Å²) in [6, 6.07) is 1.57. The number of carbonyl (C=O) groups is 2. The maximum absolute atomic E-state index is 11.4. The first-order chi connectivity index (χ1) is 8.47. The average molecular weight is 268 g/mol. The lowest BCUT2D eigenvalue weighted by atomic mass is 10.3. The Kier molecular flexibility index (Phi) is 4.73. The van der Waals surface area contributed by atoms with Crippen LogP contribution < -0.4 is 0 Å². The molecule has 0 atom stereocenters. The van der Waals surface area contributed by atoms with Crippen LogP contribution in [0.15, 0.2) is 33.1 Å². The van der Waals surface area contributed by atoms with E-state index in [-0.39, 0.29) is 11.5 Å². The van der Waals surface area contributed by atoms with Crippen molar-refractivity contribution in [2.75, 3.05) is 7.11 Å². The highest BCUT2D eigenvalue weighted by atomic mass is 32.1. The van der Waals surface area contributed by atoms with Gasteiger partial charge in [0.25, 0.3) is 0 Å². The number of carbonyl (C=O) groups excluding carboxylic acids is 2. The van der Waals surface area contributed by atoms with E-state index in [0.29, 0.717) is 10.6 Å². The molecule has 96 valence electrons. The van der Waals surface area contributed by atoms with Crippen LogP contribution in [0, 0.1) is 0 Å². The quantitative estimate of drug-likeness (QED) is 0.393. The predicted octanol–water partition coefficient (Wildman–Crippen LogP) is 3.00. The fraction of sp³-hybridized carbons (Fsp3) is 0.273. The fourth-order valence-corrected chi connectivity index (χ4v) is 1.87. The van der Waals surface area contributed by atoms with Crippen LogP contribution in [0.5, 0.6) is 0 Å². The van der Waals surface area contributed by atoms with Gasteiger partial charge in [-0.1, -0.05) is 0 Å². The first kappa shape index (κ1) is 14.0. The third kappa shape index (κ3) is 3.24. The maximum atomic E-state index is 11.4. The van der Waals surface area contributed by atoms with Crippen LogP contribution in [0.4, 0.5) is 5.69 Å². The molecule has 0 aliphatic heterocycles. The third-order valence-corrected chi connectivity index (χ3v) is 2.83. The van der Waals surface area contributed by atoms with Gasteiger partial charge >= 0.3 is 5.97 Å². The Morgan fingerprint density at radius 3 is 2.56 bits per heavy atom. The molecule has 0 aliphatic carbocycles. The minimum Gasteiger partial charge on any atom is -0.510 e. The zero-order valence-electron chi connectivity index (χ0n) is 10.1. The lowest BCUT2D eigenvalue weighted by Crippen LogP contribution is -1.98. The van der Waals surface area contributed by atoms with Gasteiger partial charge < -0.3 is 9.84 Å². The molecule has 0 spiro atoms. The number of Topliss-reactive ketones (excluding diaryl/α,β-unsaturated/α-hetero) is 1. The van der Waals surface area contributed by atoms with Crippen molar-refractivity contribution in [1.29, 1.82) is 0 Å². The summed E-state index contributed by atoms with van der Waals surface area (Å²) in [7, 11) is 1.27. The van der Waals surface area contributed by atoms with Crippen LogP contribution >= 0.6 is 11.3 Å². The first-order valence-electron chi connectivity index (χ1n) is 4.95. The molecular weight excluding hydrogens is 256 g/mol. The van der Waals surface area contributed by atoms with Gasteiger partial charge in [-0.25, -0.2) is 4.79 Å². The molecule has 1 heterocycles. The van der Waals surface area contributed by atoms with Gasteiger partial charge in [0.2, 0.25) is 0 Å². The van der Waals surface area contributed by atoms with E-state index in [4.69, 9.17) is 0 Å². The van der Waals surface area contributed by atoms with Gasteiger partial charge in [-0.15, -0.1) is 21.6 Å². The minimum absolute atomic E-state index is 0.142. The zero-order chi connectivity index (χ0) is 13.7. The zero-order valence-corrected chi connectivity index (χ0v) is 10.9. The molecule has 0 saturated heterocycles. The molecule has 0 aliphatic rings. The van der Waals surface area contributed by atoms with Gasteiger partial charge in [-0.3, -0.25) is 4.79 Å². The molecule has 1 rings (SSSR count). The largest absolute Gasteiger partial charge is 0.510 e. The van der Waals surface area contributed by atoms with Crippen molar-refractivity contribution in [3.63, 3.8) is 0 Å². The molecule has 7 heteroatoms. The Morgan fingerprint density at radius 1 is 1.39 bits per heavy atom. The number of hydrogen-bond acceptors (Lipinski definition) is 7. The molecule has 0 bridgehead atoms. The molecule has 0 radical (unpaired) electrons. The van der Waals surface area contributed by atoms with Crippen LogP contribution in [-0.4, -0.2) is 24.0 Å². The van der Waals surface area contributed by atoms with Gasteiger partial charge in [-0.2, -0.15) is 0 Å². The number of ketones is 1.